The van der Waals surface area contributed by atoms with Gasteiger partial charge in [-0.1, -0.05) is 36.4 Å². The van der Waals surface area contributed by atoms with Crippen LogP contribution < -0.4 is 19.7 Å². The van der Waals surface area contributed by atoms with Crippen LogP contribution in [0, 0.1) is 6.92 Å². The van der Waals surface area contributed by atoms with Crippen molar-refractivity contribution in [3.63, 3.8) is 0 Å². The molecule has 3 rings (SSSR count). The van der Waals surface area contributed by atoms with Crippen molar-refractivity contribution in [1.82, 2.24) is 5.32 Å². The fraction of sp³-hybridized carbons (Fsp3) is 0.143. The zero-order valence-electron chi connectivity index (χ0n) is 15.2. The molecule has 1 heterocycles. The summed E-state index contributed by atoms with van der Waals surface area (Å²) in [6.07, 6.45) is 3.40. The van der Waals surface area contributed by atoms with Crippen molar-refractivity contribution >= 4 is 35.0 Å². The van der Waals surface area contributed by atoms with Crippen molar-refractivity contribution in [1.29, 1.82) is 0 Å². The van der Waals surface area contributed by atoms with Crippen molar-refractivity contribution in [3.05, 3.63) is 71.9 Å². The number of methoxy groups -OCH3 is 1. The Morgan fingerprint density at radius 3 is 2.59 bits per heavy atom. The van der Waals surface area contributed by atoms with E-state index in [4.69, 9.17) is 21.7 Å². The molecule has 5 nitrogen and oxygen atoms in total. The van der Waals surface area contributed by atoms with Gasteiger partial charge in [-0.15, -0.1) is 0 Å². The molecule has 0 saturated carbocycles. The smallest absolute Gasteiger partial charge is 0.281 e. The molecule has 1 aliphatic rings. The molecular formula is C21H20N2O3S. The molecular weight excluding hydrogens is 360 g/mol. The Hall–Kier alpha value is -3.12. The van der Waals surface area contributed by atoms with Crippen LogP contribution in [0.25, 0.3) is 6.08 Å². The molecule has 0 spiro atoms. The number of hydrogen-bond donors (Lipinski definition) is 1. The molecule has 1 aliphatic heterocycles. The summed E-state index contributed by atoms with van der Waals surface area (Å²) in [6, 6.07) is 13.1. The highest BCUT2D eigenvalue weighted by molar-refractivity contribution is 7.80. The summed E-state index contributed by atoms with van der Waals surface area (Å²) in [5.41, 5.74) is 3.05. The van der Waals surface area contributed by atoms with E-state index in [1.807, 2.05) is 37.3 Å². The highest BCUT2D eigenvalue weighted by Crippen LogP contribution is 2.30. The minimum Gasteiger partial charge on any atom is -0.493 e. The van der Waals surface area contributed by atoms with Gasteiger partial charge < -0.3 is 14.8 Å². The van der Waals surface area contributed by atoms with Crippen LogP contribution in [0.2, 0.25) is 0 Å². The number of anilines is 1. The molecule has 2 aromatic carbocycles. The Morgan fingerprint density at radius 1 is 1.19 bits per heavy atom. The van der Waals surface area contributed by atoms with Crippen molar-refractivity contribution < 1.29 is 14.3 Å². The monoisotopic (exact) mass is 380 g/mol. The maximum absolute atomic E-state index is 12.8. The van der Waals surface area contributed by atoms with Crippen molar-refractivity contribution in [2.75, 3.05) is 18.6 Å². The molecule has 1 fully saturated rings. The van der Waals surface area contributed by atoms with Crippen LogP contribution >= 0.6 is 12.2 Å². The summed E-state index contributed by atoms with van der Waals surface area (Å²) in [5.74, 6) is 0.992. The molecule has 2 aromatic rings. The number of ether oxygens (including phenoxy) is 2. The molecule has 6 heteroatoms. The van der Waals surface area contributed by atoms with E-state index in [0.29, 0.717) is 28.9 Å². The molecule has 1 amide bonds. The van der Waals surface area contributed by atoms with Gasteiger partial charge >= 0.3 is 0 Å². The lowest BCUT2D eigenvalue weighted by Gasteiger charge is -2.14. The Morgan fingerprint density at radius 2 is 1.93 bits per heavy atom. The highest BCUT2D eigenvalue weighted by Gasteiger charge is 2.31. The largest absolute Gasteiger partial charge is 0.493 e. The van der Waals surface area contributed by atoms with Crippen LogP contribution in [0.1, 0.15) is 11.1 Å². The van der Waals surface area contributed by atoms with Gasteiger partial charge in [0.25, 0.3) is 5.91 Å². The number of thiocarbonyl (C=S) groups is 1. The molecule has 27 heavy (non-hydrogen) atoms. The number of nitrogens with zero attached hydrogens (tertiary/aromatic N) is 1. The second-order valence-corrected chi connectivity index (χ2v) is 6.36. The molecule has 0 unspecified atom stereocenters. The number of amides is 1. The van der Waals surface area contributed by atoms with Gasteiger partial charge in [-0.2, -0.15) is 0 Å². The Labute approximate surface area is 163 Å². The second-order valence-electron chi connectivity index (χ2n) is 5.97. The molecule has 0 aromatic heterocycles. The minimum absolute atomic E-state index is 0.199. The lowest BCUT2D eigenvalue weighted by atomic mass is 10.1. The van der Waals surface area contributed by atoms with Crippen LogP contribution in [0.5, 0.6) is 11.5 Å². The zero-order chi connectivity index (χ0) is 19.4. The molecule has 0 atom stereocenters. The average Bonchev–Trinajstić information content (AvgIpc) is 2.94. The van der Waals surface area contributed by atoms with E-state index in [-0.39, 0.29) is 5.91 Å². The van der Waals surface area contributed by atoms with Gasteiger partial charge in [0.15, 0.2) is 16.6 Å². The quantitative estimate of drug-likeness (QED) is 0.469. The van der Waals surface area contributed by atoms with Crippen LogP contribution in [0.3, 0.4) is 0 Å². The fourth-order valence-corrected chi connectivity index (χ4v) is 2.97. The summed E-state index contributed by atoms with van der Waals surface area (Å²) >= 11 is 5.34. The van der Waals surface area contributed by atoms with Crippen molar-refractivity contribution in [3.8, 4) is 11.5 Å². The topological polar surface area (TPSA) is 50.8 Å². The molecule has 138 valence electrons. The Balaban J connectivity index is 1.87. The van der Waals surface area contributed by atoms with Gasteiger partial charge in [0.1, 0.15) is 12.3 Å². The molecule has 0 radical (unpaired) electrons. The average molecular weight is 380 g/mol. The Kier molecular flexibility index (Phi) is 5.57. The molecule has 1 N–H and O–H groups in total. The summed E-state index contributed by atoms with van der Waals surface area (Å²) in [6.45, 7) is 6.01. The summed E-state index contributed by atoms with van der Waals surface area (Å²) < 4.78 is 10.9. The summed E-state index contributed by atoms with van der Waals surface area (Å²) in [5, 5.41) is 3.34. The highest BCUT2D eigenvalue weighted by atomic mass is 32.1. The van der Waals surface area contributed by atoms with Crippen LogP contribution in [0.15, 0.2) is 60.8 Å². The standard InChI is InChI=1S/C21H20N2O3S/c1-4-11-26-18-10-7-15(13-19(18)25-3)12-17-20(24)23(21(27)22-17)16-8-5-14(2)6-9-16/h4-10,12-13H,1,11H2,2-3H3,(H,22,27)/b17-12-. The number of aryl methyl sites for hydroxylation is 1. The number of carbonyl (C=O) groups excluding carboxylic acids is 1. The second kappa shape index (κ2) is 8.05. The summed E-state index contributed by atoms with van der Waals surface area (Å²) in [4.78, 5) is 14.3. The number of nitrogens with one attached hydrogen (secondary N) is 1. The third-order valence-corrected chi connectivity index (χ3v) is 4.31. The maximum Gasteiger partial charge on any atom is 0.281 e. The van der Waals surface area contributed by atoms with Gasteiger partial charge in [0.2, 0.25) is 0 Å². The van der Waals surface area contributed by atoms with E-state index < -0.39 is 0 Å². The van der Waals surface area contributed by atoms with E-state index in [1.165, 1.54) is 4.90 Å². The SMILES string of the molecule is C=CCOc1ccc(/C=C2\NC(=S)N(c3ccc(C)cc3)C2=O)cc1OC. The first-order valence-electron chi connectivity index (χ1n) is 8.39. The molecule has 0 aliphatic carbocycles. The first-order valence-corrected chi connectivity index (χ1v) is 8.80. The van der Waals surface area contributed by atoms with Gasteiger partial charge in [-0.3, -0.25) is 9.69 Å². The molecule has 0 bridgehead atoms. The van der Waals surface area contributed by atoms with Crippen LogP contribution in [-0.4, -0.2) is 24.7 Å². The lowest BCUT2D eigenvalue weighted by molar-refractivity contribution is -0.113. The normalized spacial score (nSPS) is 15.0. The minimum atomic E-state index is -0.199. The maximum atomic E-state index is 12.8. The lowest BCUT2D eigenvalue weighted by Crippen LogP contribution is -2.30. The van der Waals surface area contributed by atoms with E-state index >= 15 is 0 Å². The third kappa shape index (κ3) is 4.01. The fourth-order valence-electron chi connectivity index (χ4n) is 2.67. The number of rotatable bonds is 6. The predicted molar refractivity (Wildman–Crippen MR) is 111 cm³/mol. The van der Waals surface area contributed by atoms with Gasteiger partial charge in [-0.05, 0) is 55.0 Å². The van der Waals surface area contributed by atoms with E-state index in [9.17, 15) is 4.79 Å². The summed E-state index contributed by atoms with van der Waals surface area (Å²) in [7, 11) is 1.57. The number of hydrogen-bond acceptors (Lipinski definition) is 4. The van der Waals surface area contributed by atoms with Gasteiger partial charge in [0.05, 0.1) is 12.8 Å². The molecule has 1 saturated heterocycles. The number of benzene rings is 2. The van der Waals surface area contributed by atoms with E-state index in [1.54, 1.807) is 31.4 Å². The first kappa shape index (κ1) is 18.7. The first-order chi connectivity index (χ1) is 13.0. The van der Waals surface area contributed by atoms with Gasteiger partial charge in [0, 0.05) is 0 Å². The van der Waals surface area contributed by atoms with Gasteiger partial charge in [-0.25, -0.2) is 0 Å². The van der Waals surface area contributed by atoms with E-state index in [0.717, 1.165) is 16.8 Å². The number of carbonyl (C=O) groups is 1. The Bertz CT molecular complexity index is 920. The van der Waals surface area contributed by atoms with Crippen LogP contribution in [0.4, 0.5) is 5.69 Å². The zero-order valence-corrected chi connectivity index (χ0v) is 16.0. The van der Waals surface area contributed by atoms with E-state index in [2.05, 4.69) is 11.9 Å². The van der Waals surface area contributed by atoms with Crippen molar-refractivity contribution in [2.24, 2.45) is 0 Å². The third-order valence-electron chi connectivity index (χ3n) is 4.03. The van der Waals surface area contributed by atoms with Crippen molar-refractivity contribution in [2.45, 2.75) is 6.92 Å². The van der Waals surface area contributed by atoms with Crippen LogP contribution in [-0.2, 0) is 4.79 Å². The predicted octanol–water partition coefficient (Wildman–Crippen LogP) is 3.83.